The van der Waals surface area contributed by atoms with Crippen LogP contribution in [-0.4, -0.2) is 35.0 Å². The smallest absolute Gasteiger partial charge is 0.167 e. The Hall–Kier alpha value is -0.710. The first-order valence-electron chi connectivity index (χ1n) is 5.61. The van der Waals surface area contributed by atoms with E-state index in [-0.39, 0.29) is 11.8 Å². The van der Waals surface area contributed by atoms with E-state index in [1.54, 1.807) is 6.92 Å². The molecule has 2 atom stereocenters. The van der Waals surface area contributed by atoms with Crippen molar-refractivity contribution in [1.82, 2.24) is 4.90 Å². The van der Waals surface area contributed by atoms with Gasteiger partial charge in [0.05, 0.1) is 0 Å². The van der Waals surface area contributed by atoms with Gasteiger partial charge in [0.25, 0.3) is 0 Å². The van der Waals surface area contributed by atoms with Crippen molar-refractivity contribution in [1.29, 1.82) is 0 Å². The van der Waals surface area contributed by atoms with Gasteiger partial charge >= 0.3 is 0 Å². The first-order chi connectivity index (χ1) is 7.90. The number of Topliss-reactive ketones (excluding diaryl/α,β-unsaturated/α-hetero) is 1. The molecule has 0 aliphatic carbocycles. The molecule has 2 rings (SSSR count). The minimum atomic E-state index is -1.21. The summed E-state index contributed by atoms with van der Waals surface area (Å²) in [4.78, 5) is 13.9. The lowest BCUT2D eigenvalue weighted by Crippen LogP contribution is -2.52. The van der Waals surface area contributed by atoms with Gasteiger partial charge in [-0.2, -0.15) is 0 Å². The molecule has 1 heterocycles. The Bertz CT molecular complexity index is 428. The van der Waals surface area contributed by atoms with Gasteiger partial charge in [-0.1, -0.05) is 28.1 Å². The maximum atomic E-state index is 11.8. The largest absolute Gasteiger partial charge is 0.381 e. The van der Waals surface area contributed by atoms with E-state index in [0.29, 0.717) is 13.0 Å². The minimum Gasteiger partial charge on any atom is -0.381 e. The molecule has 0 radical (unpaired) electrons. The van der Waals surface area contributed by atoms with Gasteiger partial charge in [-0.15, -0.1) is 0 Å². The summed E-state index contributed by atoms with van der Waals surface area (Å²) in [5.74, 6) is -0.0801. The molecule has 1 aromatic rings. The van der Waals surface area contributed by atoms with E-state index < -0.39 is 5.60 Å². The van der Waals surface area contributed by atoms with Crippen LogP contribution in [0, 0.1) is 0 Å². The lowest BCUT2D eigenvalue weighted by atomic mass is 9.86. The highest BCUT2D eigenvalue weighted by Crippen LogP contribution is 2.32. The van der Waals surface area contributed by atoms with Gasteiger partial charge in [0.2, 0.25) is 0 Å². The molecular weight excluding hydrogens is 282 g/mol. The van der Waals surface area contributed by atoms with Gasteiger partial charge in [0.15, 0.2) is 5.78 Å². The molecule has 3 nitrogen and oxygen atoms in total. The summed E-state index contributed by atoms with van der Waals surface area (Å²) in [7, 11) is 1.94. The Labute approximate surface area is 110 Å². The van der Waals surface area contributed by atoms with Crippen LogP contribution < -0.4 is 0 Å². The number of rotatable bonds is 1. The number of carbonyl (C=O) groups is 1. The van der Waals surface area contributed by atoms with Crippen molar-refractivity contribution in [3.63, 3.8) is 0 Å². The summed E-state index contributed by atoms with van der Waals surface area (Å²) in [6.45, 7) is 1.97. The fraction of sp³-hybridized carbons (Fsp3) is 0.462. The normalized spacial score (nSPS) is 30.6. The molecule has 1 N–H and O–H groups in total. The van der Waals surface area contributed by atoms with E-state index in [0.717, 1.165) is 10.0 Å². The van der Waals surface area contributed by atoms with Gasteiger partial charge < -0.3 is 5.11 Å². The molecule has 0 saturated carbocycles. The SMILES string of the molecule is CN1C[C@](C)(O)C(=O)CC1c1ccc(Br)cc1. The summed E-state index contributed by atoms with van der Waals surface area (Å²) in [6, 6.07) is 8.04. The lowest BCUT2D eigenvalue weighted by molar-refractivity contribution is -0.144. The summed E-state index contributed by atoms with van der Waals surface area (Å²) < 4.78 is 1.03. The number of β-amino-alcohol motifs (C(OH)–C–C–N with tert-alkyl or cyclic N) is 1. The van der Waals surface area contributed by atoms with Gasteiger partial charge in [0.1, 0.15) is 5.60 Å². The van der Waals surface area contributed by atoms with E-state index in [1.165, 1.54) is 0 Å². The summed E-state index contributed by atoms with van der Waals surface area (Å²) in [5, 5.41) is 9.92. The second-order valence-corrected chi connectivity index (χ2v) is 5.80. The zero-order chi connectivity index (χ0) is 12.6. The maximum Gasteiger partial charge on any atom is 0.167 e. The zero-order valence-corrected chi connectivity index (χ0v) is 11.6. The summed E-state index contributed by atoms with van der Waals surface area (Å²) >= 11 is 3.39. The fourth-order valence-corrected chi connectivity index (χ4v) is 2.56. The number of likely N-dealkylation sites (tertiary alicyclic amines) is 1. The van der Waals surface area contributed by atoms with Crippen molar-refractivity contribution in [2.75, 3.05) is 13.6 Å². The highest BCUT2D eigenvalue weighted by molar-refractivity contribution is 9.10. The molecule has 4 heteroatoms. The monoisotopic (exact) mass is 297 g/mol. The molecule has 92 valence electrons. The highest BCUT2D eigenvalue weighted by Gasteiger charge is 2.40. The highest BCUT2D eigenvalue weighted by atomic mass is 79.9. The number of likely N-dealkylation sites (N-methyl/N-ethyl adjacent to an activating group) is 1. The third kappa shape index (κ3) is 2.59. The van der Waals surface area contributed by atoms with Crippen LogP contribution in [0.1, 0.15) is 24.9 Å². The van der Waals surface area contributed by atoms with Crippen molar-refractivity contribution < 1.29 is 9.90 Å². The van der Waals surface area contributed by atoms with Crippen LogP contribution in [-0.2, 0) is 4.79 Å². The molecule has 1 fully saturated rings. The van der Waals surface area contributed by atoms with E-state index in [9.17, 15) is 9.90 Å². The number of ketones is 1. The third-order valence-corrected chi connectivity index (χ3v) is 3.85. The van der Waals surface area contributed by atoms with E-state index in [4.69, 9.17) is 0 Å². The predicted molar refractivity (Wildman–Crippen MR) is 69.8 cm³/mol. The van der Waals surface area contributed by atoms with Crippen LogP contribution in [0.2, 0.25) is 0 Å². The minimum absolute atomic E-state index is 0.0656. The maximum absolute atomic E-state index is 11.8. The van der Waals surface area contributed by atoms with Crippen molar-refractivity contribution >= 4 is 21.7 Å². The third-order valence-electron chi connectivity index (χ3n) is 3.32. The van der Waals surface area contributed by atoms with Crippen molar-refractivity contribution in [2.24, 2.45) is 0 Å². The van der Waals surface area contributed by atoms with Gasteiger partial charge in [-0.3, -0.25) is 9.69 Å². The Balaban J connectivity index is 2.23. The molecule has 0 bridgehead atoms. The van der Waals surface area contributed by atoms with Crippen LogP contribution >= 0.6 is 15.9 Å². The standard InChI is InChI=1S/C13H16BrNO2/c1-13(17)8-15(2)11(7-12(13)16)9-3-5-10(14)6-4-9/h3-6,11,17H,7-8H2,1-2H3/t11?,13-/m0/s1. The van der Waals surface area contributed by atoms with Crippen molar-refractivity contribution in [2.45, 2.75) is 25.0 Å². The molecule has 1 unspecified atom stereocenters. The molecular formula is C13H16BrNO2. The molecule has 1 aliphatic rings. The number of carbonyl (C=O) groups excluding carboxylic acids is 1. The first-order valence-corrected chi connectivity index (χ1v) is 6.41. The molecule has 0 spiro atoms. The first kappa shape index (κ1) is 12.7. The lowest BCUT2D eigenvalue weighted by Gasteiger charge is -2.39. The van der Waals surface area contributed by atoms with E-state index in [1.807, 2.05) is 36.2 Å². The Morgan fingerprint density at radius 2 is 2.00 bits per heavy atom. The zero-order valence-electron chi connectivity index (χ0n) is 9.98. The second kappa shape index (κ2) is 4.52. The van der Waals surface area contributed by atoms with Crippen LogP contribution in [0.25, 0.3) is 0 Å². The van der Waals surface area contributed by atoms with Gasteiger partial charge in [0, 0.05) is 23.5 Å². The van der Waals surface area contributed by atoms with Crippen molar-refractivity contribution in [3.8, 4) is 0 Å². The molecule has 1 aromatic carbocycles. The summed E-state index contributed by atoms with van der Waals surface area (Å²) in [6.07, 6.45) is 0.366. The number of aliphatic hydroxyl groups is 1. The number of hydrogen-bond acceptors (Lipinski definition) is 3. The van der Waals surface area contributed by atoms with Crippen LogP contribution in [0.3, 0.4) is 0 Å². The number of halogens is 1. The van der Waals surface area contributed by atoms with Crippen LogP contribution in [0.4, 0.5) is 0 Å². The van der Waals surface area contributed by atoms with Gasteiger partial charge in [-0.25, -0.2) is 0 Å². The van der Waals surface area contributed by atoms with Crippen molar-refractivity contribution in [3.05, 3.63) is 34.3 Å². The Morgan fingerprint density at radius 3 is 2.59 bits per heavy atom. The van der Waals surface area contributed by atoms with Crippen LogP contribution in [0.5, 0.6) is 0 Å². The number of hydrogen-bond donors (Lipinski definition) is 1. The quantitative estimate of drug-likeness (QED) is 0.863. The van der Waals surface area contributed by atoms with Crippen LogP contribution in [0.15, 0.2) is 28.7 Å². The molecule has 17 heavy (non-hydrogen) atoms. The predicted octanol–water partition coefficient (Wildman–Crippen LogP) is 2.15. The molecule has 0 aromatic heterocycles. The summed E-state index contributed by atoms with van der Waals surface area (Å²) in [5.41, 5.74) is -0.0970. The number of benzene rings is 1. The average Bonchev–Trinajstić information content (AvgIpc) is 2.24. The Morgan fingerprint density at radius 1 is 1.41 bits per heavy atom. The topological polar surface area (TPSA) is 40.5 Å². The molecule has 1 aliphatic heterocycles. The Kier molecular flexibility index (Phi) is 3.39. The number of nitrogens with zero attached hydrogens (tertiary/aromatic N) is 1. The average molecular weight is 298 g/mol. The fourth-order valence-electron chi connectivity index (χ4n) is 2.29. The second-order valence-electron chi connectivity index (χ2n) is 4.88. The van der Waals surface area contributed by atoms with E-state index in [2.05, 4.69) is 15.9 Å². The molecule has 1 saturated heterocycles. The molecule has 0 amide bonds. The number of piperidine rings is 1. The van der Waals surface area contributed by atoms with Gasteiger partial charge in [-0.05, 0) is 31.7 Å². The van der Waals surface area contributed by atoms with E-state index >= 15 is 0 Å².